The van der Waals surface area contributed by atoms with E-state index in [9.17, 15) is 10.5 Å². The maximum atomic E-state index is 9.50. The van der Waals surface area contributed by atoms with Gasteiger partial charge < -0.3 is 0 Å². The summed E-state index contributed by atoms with van der Waals surface area (Å²) in [6.07, 6.45) is 7.63. The van der Waals surface area contributed by atoms with Crippen molar-refractivity contribution in [1.29, 1.82) is 10.5 Å². The van der Waals surface area contributed by atoms with E-state index in [1.165, 1.54) is 0 Å². The standard InChI is InChI=1S/C24H16N2/c25-17-23-16-22(14-12-20-9-5-2-6-10-20)24(18-26)15-21(23)13-11-19-7-3-1-4-8-19/h1-16H. The van der Waals surface area contributed by atoms with Crippen molar-refractivity contribution in [3.05, 3.63) is 106 Å². The summed E-state index contributed by atoms with van der Waals surface area (Å²) in [6, 6.07) is 27.7. The zero-order chi connectivity index (χ0) is 18.2. The summed E-state index contributed by atoms with van der Waals surface area (Å²) < 4.78 is 0. The van der Waals surface area contributed by atoms with E-state index in [1.807, 2.05) is 85.0 Å². The topological polar surface area (TPSA) is 47.6 Å². The quantitative estimate of drug-likeness (QED) is 0.569. The van der Waals surface area contributed by atoms with E-state index in [-0.39, 0.29) is 0 Å². The normalized spacial score (nSPS) is 10.7. The van der Waals surface area contributed by atoms with Gasteiger partial charge in [-0.15, -0.1) is 0 Å². The molecule has 0 saturated carbocycles. The lowest BCUT2D eigenvalue weighted by atomic mass is 9.98. The van der Waals surface area contributed by atoms with Crippen molar-refractivity contribution >= 4 is 24.3 Å². The third-order valence-electron chi connectivity index (χ3n) is 3.97. The first-order chi connectivity index (χ1) is 12.8. The zero-order valence-corrected chi connectivity index (χ0v) is 14.1. The van der Waals surface area contributed by atoms with Gasteiger partial charge in [0.15, 0.2) is 0 Å². The Labute approximate surface area is 153 Å². The third-order valence-corrected chi connectivity index (χ3v) is 3.97. The fourth-order valence-electron chi connectivity index (χ4n) is 2.60. The van der Waals surface area contributed by atoms with E-state index >= 15 is 0 Å². The summed E-state index contributed by atoms with van der Waals surface area (Å²) >= 11 is 0. The molecule has 0 heterocycles. The number of nitrogens with zero attached hydrogens (tertiary/aromatic N) is 2. The smallest absolute Gasteiger partial charge is 0.0998 e. The Hall–Kier alpha value is -3.88. The van der Waals surface area contributed by atoms with Gasteiger partial charge in [0, 0.05) is 0 Å². The van der Waals surface area contributed by atoms with Crippen LogP contribution >= 0.6 is 0 Å². The molecule has 0 fully saturated rings. The molecule has 0 amide bonds. The fourth-order valence-corrected chi connectivity index (χ4v) is 2.60. The molecular weight excluding hydrogens is 316 g/mol. The van der Waals surface area contributed by atoms with Gasteiger partial charge in [0.25, 0.3) is 0 Å². The van der Waals surface area contributed by atoms with Gasteiger partial charge in [-0.2, -0.15) is 10.5 Å². The molecule has 0 aromatic heterocycles. The highest BCUT2D eigenvalue weighted by Crippen LogP contribution is 2.21. The van der Waals surface area contributed by atoms with E-state index in [0.717, 1.165) is 22.3 Å². The van der Waals surface area contributed by atoms with E-state index in [1.54, 1.807) is 12.1 Å². The molecule has 0 aliphatic heterocycles. The van der Waals surface area contributed by atoms with Gasteiger partial charge in [-0.05, 0) is 34.4 Å². The van der Waals surface area contributed by atoms with Crippen molar-refractivity contribution in [2.24, 2.45) is 0 Å². The van der Waals surface area contributed by atoms with Crippen molar-refractivity contribution in [2.75, 3.05) is 0 Å². The first kappa shape index (κ1) is 17.0. The average molecular weight is 332 g/mol. The molecule has 0 spiro atoms. The molecule has 3 rings (SSSR count). The van der Waals surface area contributed by atoms with Crippen LogP contribution < -0.4 is 0 Å². The first-order valence-corrected chi connectivity index (χ1v) is 8.24. The van der Waals surface area contributed by atoms with Crippen LogP contribution in [0.1, 0.15) is 33.4 Å². The minimum Gasteiger partial charge on any atom is -0.192 e. The summed E-state index contributed by atoms with van der Waals surface area (Å²) in [5, 5.41) is 19.0. The van der Waals surface area contributed by atoms with Crippen LogP contribution in [0.5, 0.6) is 0 Å². The van der Waals surface area contributed by atoms with Crippen LogP contribution in [0.4, 0.5) is 0 Å². The molecule has 0 atom stereocenters. The molecule has 0 aliphatic rings. The van der Waals surface area contributed by atoms with Gasteiger partial charge in [-0.25, -0.2) is 0 Å². The van der Waals surface area contributed by atoms with Crippen LogP contribution in [0.2, 0.25) is 0 Å². The summed E-state index contributed by atoms with van der Waals surface area (Å²) in [4.78, 5) is 0. The highest BCUT2D eigenvalue weighted by molar-refractivity contribution is 5.78. The lowest BCUT2D eigenvalue weighted by Crippen LogP contribution is -1.90. The second-order valence-corrected chi connectivity index (χ2v) is 5.74. The highest BCUT2D eigenvalue weighted by Gasteiger charge is 2.06. The van der Waals surface area contributed by atoms with Crippen molar-refractivity contribution in [3.8, 4) is 12.1 Å². The Morgan fingerprint density at radius 2 is 0.923 bits per heavy atom. The number of hydrogen-bond acceptors (Lipinski definition) is 2. The molecule has 0 unspecified atom stereocenters. The average Bonchev–Trinajstić information content (AvgIpc) is 2.72. The van der Waals surface area contributed by atoms with Crippen molar-refractivity contribution in [1.82, 2.24) is 0 Å². The summed E-state index contributed by atoms with van der Waals surface area (Å²) in [5.74, 6) is 0. The molecule has 3 aromatic carbocycles. The molecule has 0 radical (unpaired) electrons. The Morgan fingerprint density at radius 3 is 1.27 bits per heavy atom. The number of hydrogen-bond donors (Lipinski definition) is 0. The first-order valence-electron chi connectivity index (χ1n) is 8.24. The van der Waals surface area contributed by atoms with Crippen molar-refractivity contribution < 1.29 is 0 Å². The van der Waals surface area contributed by atoms with Crippen LogP contribution in [0.15, 0.2) is 72.8 Å². The number of nitriles is 2. The largest absolute Gasteiger partial charge is 0.192 e. The van der Waals surface area contributed by atoms with Crippen molar-refractivity contribution in [3.63, 3.8) is 0 Å². The third kappa shape index (κ3) is 4.15. The Morgan fingerprint density at radius 1 is 0.538 bits per heavy atom. The second kappa shape index (κ2) is 8.29. The van der Waals surface area contributed by atoms with E-state index in [0.29, 0.717) is 11.1 Å². The van der Waals surface area contributed by atoms with Gasteiger partial charge >= 0.3 is 0 Å². The lowest BCUT2D eigenvalue weighted by Gasteiger charge is -2.04. The van der Waals surface area contributed by atoms with Gasteiger partial charge in [0.05, 0.1) is 23.3 Å². The van der Waals surface area contributed by atoms with Gasteiger partial charge in [-0.3, -0.25) is 0 Å². The van der Waals surface area contributed by atoms with Gasteiger partial charge in [-0.1, -0.05) is 85.0 Å². The van der Waals surface area contributed by atoms with Crippen LogP contribution in [-0.4, -0.2) is 0 Å². The molecule has 26 heavy (non-hydrogen) atoms. The van der Waals surface area contributed by atoms with Crippen LogP contribution in [0, 0.1) is 22.7 Å². The minimum atomic E-state index is 0.545. The minimum absolute atomic E-state index is 0.545. The predicted molar refractivity (Wildman–Crippen MR) is 107 cm³/mol. The Balaban J connectivity index is 1.96. The van der Waals surface area contributed by atoms with E-state index < -0.39 is 0 Å². The highest BCUT2D eigenvalue weighted by atomic mass is 14.3. The predicted octanol–water partition coefficient (Wildman–Crippen LogP) is 5.77. The molecule has 3 aromatic rings. The van der Waals surface area contributed by atoms with Crippen LogP contribution in [0.3, 0.4) is 0 Å². The summed E-state index contributed by atoms with van der Waals surface area (Å²) in [5.41, 5.74) is 4.66. The molecular formula is C24H16N2. The second-order valence-electron chi connectivity index (χ2n) is 5.74. The zero-order valence-electron chi connectivity index (χ0n) is 14.1. The molecule has 0 bridgehead atoms. The maximum absolute atomic E-state index is 9.50. The van der Waals surface area contributed by atoms with Crippen molar-refractivity contribution in [2.45, 2.75) is 0 Å². The maximum Gasteiger partial charge on any atom is 0.0998 e. The number of benzene rings is 3. The van der Waals surface area contributed by atoms with Crippen LogP contribution in [0.25, 0.3) is 24.3 Å². The monoisotopic (exact) mass is 332 g/mol. The van der Waals surface area contributed by atoms with E-state index in [4.69, 9.17) is 0 Å². The molecule has 0 saturated heterocycles. The van der Waals surface area contributed by atoms with Gasteiger partial charge in [0.1, 0.15) is 0 Å². The lowest BCUT2D eigenvalue weighted by molar-refractivity contribution is 1.43. The van der Waals surface area contributed by atoms with Gasteiger partial charge in [0.2, 0.25) is 0 Å². The molecule has 2 nitrogen and oxygen atoms in total. The summed E-state index contributed by atoms with van der Waals surface area (Å²) in [6.45, 7) is 0. The Kier molecular flexibility index (Phi) is 5.41. The summed E-state index contributed by atoms with van der Waals surface area (Å²) in [7, 11) is 0. The molecule has 0 aliphatic carbocycles. The van der Waals surface area contributed by atoms with Crippen LogP contribution in [-0.2, 0) is 0 Å². The molecule has 122 valence electrons. The number of rotatable bonds is 4. The molecule has 2 heteroatoms. The molecule has 0 N–H and O–H groups in total. The Bertz CT molecular complexity index is 944. The van der Waals surface area contributed by atoms with E-state index in [2.05, 4.69) is 12.1 Å². The SMILES string of the molecule is N#Cc1cc(C=Cc2ccccc2)c(C#N)cc1C=Cc1ccccc1. The fraction of sp³-hybridized carbons (Fsp3) is 0.